The summed E-state index contributed by atoms with van der Waals surface area (Å²) in [4.78, 5) is 23.1. The van der Waals surface area contributed by atoms with E-state index in [0.717, 1.165) is 32.1 Å². The summed E-state index contributed by atoms with van der Waals surface area (Å²) in [6.07, 6.45) is 6.31. The third kappa shape index (κ3) is 7.48. The van der Waals surface area contributed by atoms with Crippen LogP contribution in [0.15, 0.2) is 0 Å². The van der Waals surface area contributed by atoms with Crippen molar-refractivity contribution in [3.63, 3.8) is 0 Å². The van der Waals surface area contributed by atoms with Crippen molar-refractivity contribution in [3.8, 4) is 0 Å². The van der Waals surface area contributed by atoms with Crippen LogP contribution in [0.25, 0.3) is 0 Å². The van der Waals surface area contributed by atoms with Gasteiger partial charge in [-0.1, -0.05) is 0 Å². The van der Waals surface area contributed by atoms with Crippen LogP contribution in [0.3, 0.4) is 0 Å². The van der Waals surface area contributed by atoms with E-state index >= 15 is 0 Å². The van der Waals surface area contributed by atoms with Gasteiger partial charge in [-0.25, -0.2) is 0 Å². The molecule has 2 amide bonds. The second-order valence-electron chi connectivity index (χ2n) is 6.14. The van der Waals surface area contributed by atoms with E-state index in [1.165, 1.54) is 0 Å². The normalized spacial score (nSPS) is 22.6. The first-order valence-electron chi connectivity index (χ1n) is 7.79. The van der Waals surface area contributed by atoms with Gasteiger partial charge in [0.05, 0.1) is 0 Å². The zero-order valence-corrected chi connectivity index (χ0v) is 12.8. The largest absolute Gasteiger partial charge is 0.356 e. The number of hydrogen-bond acceptors (Lipinski definition) is 3. The fourth-order valence-corrected chi connectivity index (χ4v) is 2.61. The molecule has 5 nitrogen and oxygen atoms in total. The molecule has 0 bridgehead atoms. The van der Waals surface area contributed by atoms with Crippen LogP contribution in [0.2, 0.25) is 0 Å². The van der Waals surface area contributed by atoms with Crippen LogP contribution >= 0.6 is 0 Å². The van der Waals surface area contributed by atoms with Crippen LogP contribution in [-0.4, -0.2) is 30.4 Å². The summed E-state index contributed by atoms with van der Waals surface area (Å²) < 4.78 is 0. The molecule has 0 saturated heterocycles. The standard InChI is InChI=1S/C15H29N3O2/c1-11(2)18-15(20)9-10-17-14(19)8-5-12-3-6-13(16)7-4-12/h11-13H,3-10,16H2,1-2H3,(H,17,19)(H,18,20). The quantitative estimate of drug-likeness (QED) is 0.659. The summed E-state index contributed by atoms with van der Waals surface area (Å²) in [6.45, 7) is 4.27. The lowest BCUT2D eigenvalue weighted by molar-refractivity contribution is -0.122. The minimum Gasteiger partial charge on any atom is -0.356 e. The van der Waals surface area contributed by atoms with Crippen LogP contribution < -0.4 is 16.4 Å². The zero-order chi connectivity index (χ0) is 15.0. The maximum Gasteiger partial charge on any atom is 0.221 e. The van der Waals surface area contributed by atoms with Crippen molar-refractivity contribution in [3.05, 3.63) is 0 Å². The molecule has 0 unspecified atom stereocenters. The van der Waals surface area contributed by atoms with Crippen LogP contribution in [0.5, 0.6) is 0 Å². The molecular weight excluding hydrogens is 254 g/mol. The molecule has 0 atom stereocenters. The van der Waals surface area contributed by atoms with Gasteiger partial charge in [0.15, 0.2) is 0 Å². The summed E-state index contributed by atoms with van der Waals surface area (Å²) in [6, 6.07) is 0.510. The average molecular weight is 283 g/mol. The van der Waals surface area contributed by atoms with Crippen molar-refractivity contribution in [2.24, 2.45) is 11.7 Å². The highest BCUT2D eigenvalue weighted by Crippen LogP contribution is 2.26. The van der Waals surface area contributed by atoms with Gasteiger partial charge in [0.1, 0.15) is 0 Å². The van der Waals surface area contributed by atoms with Gasteiger partial charge in [-0.05, 0) is 51.9 Å². The van der Waals surface area contributed by atoms with Gasteiger partial charge < -0.3 is 16.4 Å². The van der Waals surface area contributed by atoms with Gasteiger partial charge in [-0.2, -0.15) is 0 Å². The van der Waals surface area contributed by atoms with Crippen LogP contribution in [0, 0.1) is 5.92 Å². The van der Waals surface area contributed by atoms with E-state index in [0.29, 0.717) is 31.3 Å². The minimum absolute atomic E-state index is 0.0124. The maximum atomic E-state index is 11.7. The second kappa shape index (κ2) is 8.95. The van der Waals surface area contributed by atoms with Crippen molar-refractivity contribution in [1.29, 1.82) is 0 Å². The van der Waals surface area contributed by atoms with Gasteiger partial charge in [-0.3, -0.25) is 9.59 Å². The first-order valence-corrected chi connectivity index (χ1v) is 7.79. The lowest BCUT2D eigenvalue weighted by atomic mass is 9.84. The van der Waals surface area contributed by atoms with Gasteiger partial charge in [-0.15, -0.1) is 0 Å². The van der Waals surface area contributed by atoms with E-state index in [1.54, 1.807) is 0 Å². The fourth-order valence-electron chi connectivity index (χ4n) is 2.61. The highest BCUT2D eigenvalue weighted by atomic mass is 16.2. The number of rotatable bonds is 7. The molecule has 1 saturated carbocycles. The van der Waals surface area contributed by atoms with Crippen LogP contribution in [-0.2, 0) is 9.59 Å². The molecular formula is C15H29N3O2. The smallest absolute Gasteiger partial charge is 0.221 e. The molecule has 1 aliphatic carbocycles. The van der Waals surface area contributed by atoms with E-state index in [1.807, 2.05) is 13.8 Å². The molecule has 20 heavy (non-hydrogen) atoms. The number of amides is 2. The molecule has 0 aromatic rings. The summed E-state index contributed by atoms with van der Waals surface area (Å²) in [5.74, 6) is 0.684. The third-order valence-corrected chi connectivity index (χ3v) is 3.79. The summed E-state index contributed by atoms with van der Waals surface area (Å²) >= 11 is 0. The van der Waals surface area contributed by atoms with Crippen molar-refractivity contribution in [2.45, 2.75) is 70.9 Å². The lowest BCUT2D eigenvalue weighted by Crippen LogP contribution is -2.34. The third-order valence-electron chi connectivity index (χ3n) is 3.79. The van der Waals surface area contributed by atoms with Gasteiger partial charge in [0.2, 0.25) is 11.8 Å². The molecule has 0 aliphatic heterocycles. The first-order chi connectivity index (χ1) is 9.47. The fraction of sp³-hybridized carbons (Fsp3) is 0.867. The van der Waals surface area contributed by atoms with Gasteiger partial charge >= 0.3 is 0 Å². The topological polar surface area (TPSA) is 84.2 Å². The first kappa shape index (κ1) is 17.0. The highest BCUT2D eigenvalue weighted by molar-refractivity contribution is 5.79. The molecule has 0 aromatic heterocycles. The molecule has 1 fully saturated rings. The molecule has 1 aliphatic rings. The van der Waals surface area contributed by atoms with E-state index in [-0.39, 0.29) is 17.9 Å². The van der Waals surface area contributed by atoms with Crippen LogP contribution in [0.1, 0.15) is 58.8 Å². The van der Waals surface area contributed by atoms with E-state index in [4.69, 9.17) is 5.73 Å². The Kier molecular flexibility index (Phi) is 7.59. The Morgan fingerprint density at radius 2 is 1.75 bits per heavy atom. The molecule has 116 valence electrons. The molecule has 5 heteroatoms. The Morgan fingerprint density at radius 3 is 2.35 bits per heavy atom. The SMILES string of the molecule is CC(C)NC(=O)CCNC(=O)CCC1CCC(N)CC1. The Hall–Kier alpha value is -1.10. The van der Waals surface area contributed by atoms with Crippen LogP contribution in [0.4, 0.5) is 0 Å². The number of nitrogens with one attached hydrogen (secondary N) is 2. The zero-order valence-electron chi connectivity index (χ0n) is 12.8. The average Bonchev–Trinajstić information content (AvgIpc) is 2.37. The lowest BCUT2D eigenvalue weighted by Gasteiger charge is -2.25. The highest BCUT2D eigenvalue weighted by Gasteiger charge is 2.19. The maximum absolute atomic E-state index is 11.7. The molecule has 0 spiro atoms. The van der Waals surface area contributed by atoms with E-state index < -0.39 is 0 Å². The van der Waals surface area contributed by atoms with E-state index in [9.17, 15) is 9.59 Å². The summed E-state index contributed by atoms with van der Waals surface area (Å²) in [7, 11) is 0. The number of hydrogen-bond donors (Lipinski definition) is 3. The summed E-state index contributed by atoms with van der Waals surface area (Å²) in [5, 5.41) is 5.61. The number of carbonyl (C=O) groups excluding carboxylic acids is 2. The van der Waals surface area contributed by atoms with Gasteiger partial charge in [0, 0.05) is 31.5 Å². The number of carbonyl (C=O) groups is 2. The molecule has 0 aromatic carbocycles. The van der Waals surface area contributed by atoms with E-state index in [2.05, 4.69) is 10.6 Å². The summed E-state index contributed by atoms with van der Waals surface area (Å²) in [5.41, 5.74) is 5.86. The monoisotopic (exact) mass is 283 g/mol. The molecule has 0 heterocycles. The molecule has 0 radical (unpaired) electrons. The Balaban J connectivity index is 2.04. The van der Waals surface area contributed by atoms with Crippen molar-refractivity contribution in [1.82, 2.24) is 10.6 Å². The van der Waals surface area contributed by atoms with Crippen molar-refractivity contribution >= 4 is 11.8 Å². The minimum atomic E-state index is -0.0124. The van der Waals surface area contributed by atoms with Gasteiger partial charge in [0.25, 0.3) is 0 Å². The number of nitrogens with two attached hydrogens (primary N) is 1. The molecule has 4 N–H and O–H groups in total. The predicted octanol–water partition coefficient (Wildman–Crippen LogP) is 1.31. The second-order valence-corrected chi connectivity index (χ2v) is 6.14. The van der Waals surface area contributed by atoms with Crippen molar-refractivity contribution in [2.75, 3.05) is 6.54 Å². The Labute approximate surface area is 122 Å². The molecule has 1 rings (SSSR count). The predicted molar refractivity (Wildman–Crippen MR) is 80.1 cm³/mol. The van der Waals surface area contributed by atoms with Crippen molar-refractivity contribution < 1.29 is 9.59 Å². The Morgan fingerprint density at radius 1 is 1.10 bits per heavy atom. The Bertz CT molecular complexity index is 310.